The largest absolute Gasteiger partial charge is 0.494 e. The number of carbonyl (C=O) groups excluding carboxylic acids is 1. The minimum atomic E-state index is -0.496. The Hall–Kier alpha value is -1.55. The number of rotatable bonds is 7. The average molecular weight is 264 g/mol. The molecule has 0 fully saturated rings. The fraction of sp³-hybridized carbons (Fsp3) is 0.533. The van der Waals surface area contributed by atoms with Gasteiger partial charge in [0.2, 0.25) is 5.91 Å². The van der Waals surface area contributed by atoms with Gasteiger partial charge in [-0.05, 0) is 24.5 Å². The first kappa shape index (κ1) is 15.5. The average Bonchev–Trinajstić information content (AvgIpc) is 2.38. The van der Waals surface area contributed by atoms with Gasteiger partial charge in [0.05, 0.1) is 12.6 Å². The van der Waals surface area contributed by atoms with Crippen LogP contribution in [0.3, 0.4) is 0 Å². The first-order valence-corrected chi connectivity index (χ1v) is 6.84. The van der Waals surface area contributed by atoms with Crippen molar-refractivity contribution in [1.82, 2.24) is 0 Å². The van der Waals surface area contributed by atoms with Gasteiger partial charge in [-0.25, -0.2) is 0 Å². The van der Waals surface area contributed by atoms with Crippen molar-refractivity contribution < 1.29 is 9.53 Å². The molecule has 0 spiro atoms. The van der Waals surface area contributed by atoms with Crippen LogP contribution in [0.15, 0.2) is 24.3 Å². The predicted octanol–water partition coefficient (Wildman–Crippen LogP) is 2.79. The summed E-state index contributed by atoms with van der Waals surface area (Å²) < 4.78 is 5.59. The molecule has 0 heterocycles. The summed E-state index contributed by atoms with van der Waals surface area (Å²) in [7, 11) is 0. The quantitative estimate of drug-likeness (QED) is 0.744. The van der Waals surface area contributed by atoms with Crippen LogP contribution in [0.4, 0.5) is 5.69 Å². The van der Waals surface area contributed by atoms with Gasteiger partial charge in [-0.1, -0.05) is 33.3 Å². The second kappa shape index (κ2) is 7.79. The first-order valence-electron chi connectivity index (χ1n) is 6.84. The molecule has 106 valence electrons. The van der Waals surface area contributed by atoms with E-state index < -0.39 is 6.04 Å². The minimum Gasteiger partial charge on any atom is -0.494 e. The van der Waals surface area contributed by atoms with E-state index in [-0.39, 0.29) is 11.8 Å². The number of unbranched alkanes of at least 4 members (excludes halogenated alkanes) is 1. The number of nitrogens with one attached hydrogen (secondary N) is 1. The van der Waals surface area contributed by atoms with Crippen LogP contribution in [-0.2, 0) is 4.79 Å². The summed E-state index contributed by atoms with van der Waals surface area (Å²) in [4.78, 5) is 11.8. The summed E-state index contributed by atoms with van der Waals surface area (Å²) in [6.45, 7) is 6.66. The van der Waals surface area contributed by atoms with E-state index in [0.29, 0.717) is 6.61 Å². The van der Waals surface area contributed by atoms with E-state index in [2.05, 4.69) is 12.2 Å². The third kappa shape index (κ3) is 5.30. The van der Waals surface area contributed by atoms with Crippen molar-refractivity contribution in [3.63, 3.8) is 0 Å². The molecule has 0 aromatic heterocycles. The Morgan fingerprint density at radius 2 is 2.16 bits per heavy atom. The molecule has 4 heteroatoms. The molecule has 3 N–H and O–H groups in total. The Kier molecular flexibility index (Phi) is 6.36. The molecule has 1 rings (SSSR count). The van der Waals surface area contributed by atoms with Gasteiger partial charge in [-0.3, -0.25) is 4.79 Å². The molecule has 0 aliphatic heterocycles. The van der Waals surface area contributed by atoms with Gasteiger partial charge in [0.15, 0.2) is 0 Å². The van der Waals surface area contributed by atoms with Crippen LogP contribution < -0.4 is 15.8 Å². The van der Waals surface area contributed by atoms with Crippen LogP contribution in [0.2, 0.25) is 0 Å². The molecule has 0 bridgehead atoms. The molecule has 1 amide bonds. The minimum absolute atomic E-state index is 0.115. The van der Waals surface area contributed by atoms with E-state index in [4.69, 9.17) is 10.5 Å². The van der Waals surface area contributed by atoms with E-state index in [1.54, 1.807) is 0 Å². The lowest BCUT2D eigenvalue weighted by Crippen LogP contribution is -2.39. The predicted molar refractivity (Wildman–Crippen MR) is 78.3 cm³/mol. The van der Waals surface area contributed by atoms with Crippen LogP contribution in [-0.4, -0.2) is 18.6 Å². The number of benzene rings is 1. The van der Waals surface area contributed by atoms with Crippen molar-refractivity contribution in [2.75, 3.05) is 11.9 Å². The van der Waals surface area contributed by atoms with Gasteiger partial charge in [-0.2, -0.15) is 0 Å². The molecule has 1 atom stereocenters. The van der Waals surface area contributed by atoms with Crippen LogP contribution in [0.1, 0.15) is 33.6 Å². The zero-order valence-corrected chi connectivity index (χ0v) is 12.0. The van der Waals surface area contributed by atoms with Crippen LogP contribution in [0.5, 0.6) is 5.75 Å². The number of hydrogen-bond acceptors (Lipinski definition) is 3. The molecule has 1 aromatic rings. The number of anilines is 1. The van der Waals surface area contributed by atoms with Crippen molar-refractivity contribution in [3.05, 3.63) is 24.3 Å². The van der Waals surface area contributed by atoms with Gasteiger partial charge >= 0.3 is 0 Å². The highest BCUT2D eigenvalue weighted by Crippen LogP contribution is 2.18. The number of hydrogen-bond donors (Lipinski definition) is 2. The zero-order valence-electron chi connectivity index (χ0n) is 12.0. The summed E-state index contributed by atoms with van der Waals surface area (Å²) >= 11 is 0. The molecule has 0 aliphatic carbocycles. The van der Waals surface area contributed by atoms with E-state index in [1.807, 2.05) is 38.1 Å². The maximum absolute atomic E-state index is 11.8. The molecule has 4 nitrogen and oxygen atoms in total. The summed E-state index contributed by atoms with van der Waals surface area (Å²) in [5.74, 6) is 0.717. The standard InChI is InChI=1S/C15H24N2O2/c1-4-5-9-19-13-8-6-7-12(10-13)17-15(18)14(16)11(2)3/h6-8,10-11,14H,4-5,9,16H2,1-3H3,(H,17,18)/t14-/m0/s1. The molecular weight excluding hydrogens is 240 g/mol. The fourth-order valence-electron chi connectivity index (χ4n) is 1.53. The molecule has 0 unspecified atom stereocenters. The molecular formula is C15H24N2O2. The van der Waals surface area contributed by atoms with Gasteiger partial charge < -0.3 is 15.8 Å². The normalized spacial score (nSPS) is 12.3. The zero-order chi connectivity index (χ0) is 14.3. The number of amides is 1. The van der Waals surface area contributed by atoms with E-state index in [1.165, 1.54) is 0 Å². The summed E-state index contributed by atoms with van der Waals surface area (Å²) in [6, 6.07) is 6.90. The molecule has 19 heavy (non-hydrogen) atoms. The Bertz CT molecular complexity index is 405. The van der Waals surface area contributed by atoms with Crippen molar-refractivity contribution in [2.24, 2.45) is 11.7 Å². The molecule has 0 saturated heterocycles. The third-order valence-electron chi connectivity index (χ3n) is 2.89. The highest BCUT2D eigenvalue weighted by Gasteiger charge is 2.17. The first-order chi connectivity index (χ1) is 9.04. The van der Waals surface area contributed by atoms with E-state index in [0.717, 1.165) is 24.3 Å². The lowest BCUT2D eigenvalue weighted by Gasteiger charge is -2.15. The smallest absolute Gasteiger partial charge is 0.241 e. The molecule has 0 aliphatic rings. The van der Waals surface area contributed by atoms with Gasteiger partial charge in [0, 0.05) is 11.8 Å². The van der Waals surface area contributed by atoms with Crippen LogP contribution in [0.25, 0.3) is 0 Å². The van der Waals surface area contributed by atoms with Crippen LogP contribution >= 0.6 is 0 Å². The van der Waals surface area contributed by atoms with E-state index >= 15 is 0 Å². The SMILES string of the molecule is CCCCOc1cccc(NC(=O)[C@@H](N)C(C)C)c1. The Labute approximate surface area is 115 Å². The lowest BCUT2D eigenvalue weighted by atomic mass is 10.0. The Morgan fingerprint density at radius 1 is 1.42 bits per heavy atom. The van der Waals surface area contributed by atoms with Gasteiger partial charge in [0.1, 0.15) is 5.75 Å². The highest BCUT2D eigenvalue weighted by molar-refractivity contribution is 5.94. The second-order valence-corrected chi connectivity index (χ2v) is 4.99. The number of carbonyl (C=O) groups is 1. The van der Waals surface area contributed by atoms with Crippen molar-refractivity contribution in [2.45, 2.75) is 39.7 Å². The highest BCUT2D eigenvalue weighted by atomic mass is 16.5. The van der Waals surface area contributed by atoms with Crippen molar-refractivity contribution in [1.29, 1.82) is 0 Å². The number of nitrogens with two attached hydrogens (primary N) is 1. The van der Waals surface area contributed by atoms with Crippen LogP contribution in [0, 0.1) is 5.92 Å². The Balaban J connectivity index is 2.59. The molecule has 0 radical (unpaired) electrons. The molecule has 0 saturated carbocycles. The monoisotopic (exact) mass is 264 g/mol. The second-order valence-electron chi connectivity index (χ2n) is 4.99. The van der Waals surface area contributed by atoms with Gasteiger partial charge in [-0.15, -0.1) is 0 Å². The van der Waals surface area contributed by atoms with Gasteiger partial charge in [0.25, 0.3) is 0 Å². The number of ether oxygens (including phenoxy) is 1. The fourth-order valence-corrected chi connectivity index (χ4v) is 1.53. The maximum atomic E-state index is 11.8. The maximum Gasteiger partial charge on any atom is 0.241 e. The summed E-state index contributed by atoms with van der Waals surface area (Å²) in [5.41, 5.74) is 6.52. The van der Waals surface area contributed by atoms with Crippen molar-refractivity contribution in [3.8, 4) is 5.75 Å². The topological polar surface area (TPSA) is 64.3 Å². The van der Waals surface area contributed by atoms with Crippen molar-refractivity contribution >= 4 is 11.6 Å². The molecule has 1 aromatic carbocycles. The lowest BCUT2D eigenvalue weighted by molar-refractivity contribution is -0.118. The van der Waals surface area contributed by atoms with E-state index in [9.17, 15) is 4.79 Å². The third-order valence-corrected chi connectivity index (χ3v) is 2.89. The summed E-state index contributed by atoms with van der Waals surface area (Å²) in [5, 5.41) is 2.81. The summed E-state index contributed by atoms with van der Waals surface area (Å²) in [6.07, 6.45) is 2.12. The Morgan fingerprint density at radius 3 is 2.79 bits per heavy atom.